The van der Waals surface area contributed by atoms with Crippen LogP contribution >= 0.6 is 0 Å². The molecule has 1 rings (SSSR count). The summed E-state index contributed by atoms with van der Waals surface area (Å²) in [5.41, 5.74) is 0.573. The van der Waals surface area contributed by atoms with Crippen LogP contribution in [0.2, 0.25) is 0 Å². The number of carbonyl (C=O) groups excluding carboxylic acids is 1. The molecule has 0 fully saturated rings. The minimum absolute atomic E-state index is 0.0442. The van der Waals surface area contributed by atoms with Crippen LogP contribution in [-0.4, -0.2) is 18.0 Å². The number of halogens is 1. The van der Waals surface area contributed by atoms with Gasteiger partial charge in [0.05, 0.1) is 6.04 Å². The summed E-state index contributed by atoms with van der Waals surface area (Å²) in [5, 5.41) is 5.97. The summed E-state index contributed by atoms with van der Waals surface area (Å²) in [7, 11) is 0. The molecule has 0 heterocycles. The first-order valence-electron chi connectivity index (χ1n) is 6.81. The first kappa shape index (κ1) is 15.6. The highest BCUT2D eigenvalue weighted by Crippen LogP contribution is 2.06. The maximum Gasteiger partial charge on any atom is 0.237 e. The molecular weight excluding hydrogens is 243 g/mol. The number of hydrogen-bond acceptors (Lipinski definition) is 2. The lowest BCUT2D eigenvalue weighted by Gasteiger charge is -2.18. The number of hydrogen-bond donors (Lipinski definition) is 2. The number of carbonyl (C=O) groups is 1. The zero-order valence-electron chi connectivity index (χ0n) is 11.9. The van der Waals surface area contributed by atoms with Crippen molar-refractivity contribution < 1.29 is 9.18 Å². The molecule has 4 heteroatoms. The van der Waals surface area contributed by atoms with Gasteiger partial charge in [-0.05, 0) is 26.3 Å². The normalized spacial score (nSPS) is 13.9. The van der Waals surface area contributed by atoms with Crippen molar-refractivity contribution in [3.63, 3.8) is 0 Å². The molecule has 0 aromatic heterocycles. The Morgan fingerprint density at radius 1 is 1.32 bits per heavy atom. The van der Waals surface area contributed by atoms with Gasteiger partial charge >= 0.3 is 0 Å². The SMILES string of the molecule is CCCC(C)NC(=O)C(C)NCc1ccccc1F. The van der Waals surface area contributed by atoms with E-state index in [1.807, 2.05) is 6.92 Å². The molecule has 0 radical (unpaired) electrons. The van der Waals surface area contributed by atoms with Gasteiger partial charge < -0.3 is 10.6 Å². The van der Waals surface area contributed by atoms with Gasteiger partial charge in [-0.15, -0.1) is 0 Å². The average molecular weight is 266 g/mol. The molecule has 3 nitrogen and oxygen atoms in total. The smallest absolute Gasteiger partial charge is 0.237 e. The van der Waals surface area contributed by atoms with E-state index in [2.05, 4.69) is 17.6 Å². The van der Waals surface area contributed by atoms with E-state index in [0.29, 0.717) is 12.1 Å². The van der Waals surface area contributed by atoms with Crippen molar-refractivity contribution >= 4 is 5.91 Å². The Hall–Kier alpha value is -1.42. The lowest BCUT2D eigenvalue weighted by molar-refractivity contribution is -0.123. The Labute approximate surface area is 114 Å². The summed E-state index contributed by atoms with van der Waals surface area (Å²) >= 11 is 0. The Bertz CT molecular complexity index is 409. The van der Waals surface area contributed by atoms with Crippen molar-refractivity contribution in [1.82, 2.24) is 10.6 Å². The molecule has 2 atom stereocenters. The van der Waals surface area contributed by atoms with Crippen LogP contribution in [0.3, 0.4) is 0 Å². The average Bonchev–Trinajstić information content (AvgIpc) is 2.37. The zero-order valence-corrected chi connectivity index (χ0v) is 11.9. The van der Waals surface area contributed by atoms with Crippen LogP contribution in [0.1, 0.15) is 39.2 Å². The van der Waals surface area contributed by atoms with Crippen LogP contribution in [0.5, 0.6) is 0 Å². The fourth-order valence-electron chi connectivity index (χ4n) is 1.87. The fraction of sp³-hybridized carbons (Fsp3) is 0.533. The molecule has 0 spiro atoms. The first-order chi connectivity index (χ1) is 9.04. The van der Waals surface area contributed by atoms with E-state index in [1.165, 1.54) is 6.07 Å². The molecule has 2 unspecified atom stereocenters. The maximum atomic E-state index is 13.4. The summed E-state index contributed by atoms with van der Waals surface area (Å²) in [6.07, 6.45) is 2.00. The Kier molecular flexibility index (Phi) is 6.50. The van der Waals surface area contributed by atoms with Gasteiger partial charge in [0, 0.05) is 18.2 Å². The van der Waals surface area contributed by atoms with Gasteiger partial charge in [0.25, 0.3) is 0 Å². The molecule has 0 saturated carbocycles. The van der Waals surface area contributed by atoms with E-state index in [9.17, 15) is 9.18 Å². The first-order valence-corrected chi connectivity index (χ1v) is 6.81. The van der Waals surface area contributed by atoms with Crippen LogP contribution < -0.4 is 10.6 Å². The van der Waals surface area contributed by atoms with Gasteiger partial charge in [0.15, 0.2) is 0 Å². The second-order valence-corrected chi connectivity index (χ2v) is 4.89. The van der Waals surface area contributed by atoms with Crippen molar-refractivity contribution in [2.75, 3.05) is 0 Å². The second kappa shape index (κ2) is 7.89. The van der Waals surface area contributed by atoms with Crippen molar-refractivity contribution in [3.8, 4) is 0 Å². The number of nitrogens with one attached hydrogen (secondary N) is 2. The quantitative estimate of drug-likeness (QED) is 0.796. The van der Waals surface area contributed by atoms with Gasteiger partial charge in [-0.2, -0.15) is 0 Å². The van der Waals surface area contributed by atoms with Gasteiger partial charge in [0.1, 0.15) is 5.82 Å². The molecule has 1 aromatic rings. The summed E-state index contributed by atoms with van der Waals surface area (Å²) in [5.74, 6) is -0.292. The van der Waals surface area contributed by atoms with E-state index in [1.54, 1.807) is 25.1 Å². The zero-order chi connectivity index (χ0) is 14.3. The topological polar surface area (TPSA) is 41.1 Å². The van der Waals surface area contributed by atoms with Crippen LogP contribution in [0, 0.1) is 5.82 Å². The highest BCUT2D eigenvalue weighted by molar-refractivity contribution is 5.81. The van der Waals surface area contributed by atoms with Gasteiger partial charge in [-0.25, -0.2) is 4.39 Å². The third-order valence-electron chi connectivity index (χ3n) is 3.06. The van der Waals surface area contributed by atoms with E-state index in [-0.39, 0.29) is 23.8 Å². The Morgan fingerprint density at radius 2 is 2.00 bits per heavy atom. The largest absolute Gasteiger partial charge is 0.352 e. The molecule has 0 saturated heterocycles. The van der Waals surface area contributed by atoms with E-state index < -0.39 is 0 Å². The number of benzene rings is 1. The standard InChI is InChI=1S/C15H23FN2O/c1-4-7-11(2)18-15(19)12(3)17-10-13-8-5-6-9-14(13)16/h5-6,8-9,11-12,17H,4,7,10H2,1-3H3,(H,18,19). The monoisotopic (exact) mass is 266 g/mol. The maximum absolute atomic E-state index is 13.4. The molecule has 19 heavy (non-hydrogen) atoms. The highest BCUT2D eigenvalue weighted by Gasteiger charge is 2.14. The Balaban J connectivity index is 2.40. The van der Waals surface area contributed by atoms with Gasteiger partial charge in [0.2, 0.25) is 5.91 Å². The summed E-state index contributed by atoms with van der Waals surface area (Å²) in [6, 6.07) is 6.42. The van der Waals surface area contributed by atoms with Crippen molar-refractivity contribution in [2.24, 2.45) is 0 Å². The highest BCUT2D eigenvalue weighted by atomic mass is 19.1. The van der Waals surface area contributed by atoms with Crippen LogP contribution in [0.25, 0.3) is 0 Å². The third kappa shape index (κ3) is 5.39. The van der Waals surface area contributed by atoms with Crippen LogP contribution in [0.15, 0.2) is 24.3 Å². The minimum atomic E-state index is -0.334. The predicted octanol–water partition coefficient (Wildman–Crippen LogP) is 2.61. The molecule has 106 valence electrons. The summed E-state index contributed by atoms with van der Waals surface area (Å²) in [6.45, 7) is 6.21. The molecular formula is C15H23FN2O. The van der Waals surface area contributed by atoms with Gasteiger partial charge in [-0.1, -0.05) is 31.5 Å². The third-order valence-corrected chi connectivity index (χ3v) is 3.06. The lowest BCUT2D eigenvalue weighted by Crippen LogP contribution is -2.45. The van der Waals surface area contributed by atoms with Crippen molar-refractivity contribution in [2.45, 2.75) is 52.2 Å². The summed E-state index contributed by atoms with van der Waals surface area (Å²) < 4.78 is 13.4. The van der Waals surface area contributed by atoms with Gasteiger partial charge in [-0.3, -0.25) is 4.79 Å². The molecule has 0 bridgehead atoms. The predicted molar refractivity (Wildman–Crippen MR) is 75.2 cm³/mol. The number of amides is 1. The van der Waals surface area contributed by atoms with E-state index in [0.717, 1.165) is 12.8 Å². The van der Waals surface area contributed by atoms with E-state index >= 15 is 0 Å². The lowest BCUT2D eigenvalue weighted by atomic mass is 10.1. The molecule has 1 aromatic carbocycles. The fourth-order valence-corrected chi connectivity index (χ4v) is 1.87. The molecule has 0 aliphatic heterocycles. The molecule has 0 aliphatic rings. The van der Waals surface area contributed by atoms with Crippen molar-refractivity contribution in [1.29, 1.82) is 0 Å². The van der Waals surface area contributed by atoms with Crippen molar-refractivity contribution in [3.05, 3.63) is 35.6 Å². The Morgan fingerprint density at radius 3 is 2.63 bits per heavy atom. The second-order valence-electron chi connectivity index (χ2n) is 4.89. The van der Waals surface area contributed by atoms with E-state index in [4.69, 9.17) is 0 Å². The number of rotatable bonds is 7. The van der Waals surface area contributed by atoms with Crippen LogP contribution in [-0.2, 0) is 11.3 Å². The molecule has 2 N–H and O–H groups in total. The molecule has 1 amide bonds. The minimum Gasteiger partial charge on any atom is -0.352 e. The molecule has 0 aliphatic carbocycles. The van der Waals surface area contributed by atoms with Crippen LogP contribution in [0.4, 0.5) is 4.39 Å². The summed E-state index contributed by atoms with van der Waals surface area (Å²) in [4.78, 5) is 11.9.